The van der Waals surface area contributed by atoms with E-state index in [-0.39, 0.29) is 0 Å². The molecule has 0 fully saturated rings. The first-order chi connectivity index (χ1) is 6.36. The van der Waals surface area contributed by atoms with Crippen molar-refractivity contribution in [1.29, 1.82) is 0 Å². The monoisotopic (exact) mass is 213 g/mol. The average molecular weight is 213 g/mol. The molecule has 4 nitrogen and oxygen atoms in total. The lowest BCUT2D eigenvalue weighted by Crippen LogP contribution is -1.98. The van der Waals surface area contributed by atoms with E-state index in [0.29, 0.717) is 6.42 Å². The minimum Gasteiger partial charge on any atom is -0.387 e. The second-order valence-corrected chi connectivity index (χ2v) is 4.26. The number of hydrogen-bond donors (Lipinski definition) is 1. The first-order valence-corrected chi connectivity index (χ1v) is 5.35. The molecule has 0 aliphatic heterocycles. The summed E-state index contributed by atoms with van der Waals surface area (Å²) in [4.78, 5) is 4.88. The van der Waals surface area contributed by atoms with Crippen LogP contribution in [0.15, 0.2) is 17.8 Å². The van der Waals surface area contributed by atoms with Gasteiger partial charge in [-0.15, -0.1) is 16.4 Å². The van der Waals surface area contributed by atoms with E-state index in [0.717, 1.165) is 9.88 Å². The van der Waals surface area contributed by atoms with Crippen LogP contribution in [0.1, 0.15) is 16.0 Å². The molecule has 0 amide bonds. The number of hydrogen-bond acceptors (Lipinski definition) is 6. The molecule has 6 heteroatoms. The second kappa shape index (κ2) is 3.91. The molecule has 68 valence electrons. The van der Waals surface area contributed by atoms with Gasteiger partial charge in [0.15, 0.2) is 0 Å². The summed E-state index contributed by atoms with van der Waals surface area (Å²) >= 11 is 2.76. The Labute approximate surface area is 83.1 Å². The van der Waals surface area contributed by atoms with E-state index in [1.807, 2.05) is 5.38 Å². The number of aliphatic hydroxyl groups excluding tert-OH is 1. The highest BCUT2D eigenvalue weighted by atomic mass is 32.1. The van der Waals surface area contributed by atoms with Gasteiger partial charge in [-0.3, -0.25) is 0 Å². The standard InChI is InChI=1S/C7H7N3OS2/c11-5(6-4-9-10-13-6)3-7-8-1-2-12-7/h1-2,4-5,11H,3H2. The van der Waals surface area contributed by atoms with Gasteiger partial charge in [-0.05, 0) is 11.5 Å². The maximum atomic E-state index is 9.68. The number of aliphatic hydroxyl groups is 1. The van der Waals surface area contributed by atoms with E-state index in [1.54, 1.807) is 23.7 Å². The van der Waals surface area contributed by atoms with Crippen molar-refractivity contribution in [2.45, 2.75) is 12.5 Å². The predicted molar refractivity (Wildman–Crippen MR) is 50.7 cm³/mol. The van der Waals surface area contributed by atoms with Crippen molar-refractivity contribution in [3.63, 3.8) is 0 Å². The Kier molecular flexibility index (Phi) is 2.62. The predicted octanol–water partition coefficient (Wildman–Crippen LogP) is 1.27. The van der Waals surface area contributed by atoms with Gasteiger partial charge in [0.05, 0.1) is 22.2 Å². The number of thiazole rings is 1. The summed E-state index contributed by atoms with van der Waals surface area (Å²) in [5.74, 6) is 0. The molecule has 2 aromatic rings. The van der Waals surface area contributed by atoms with Crippen LogP contribution in [-0.2, 0) is 6.42 Å². The van der Waals surface area contributed by atoms with E-state index in [9.17, 15) is 5.11 Å². The fraction of sp³-hybridized carbons (Fsp3) is 0.286. The van der Waals surface area contributed by atoms with Crippen LogP contribution in [0.3, 0.4) is 0 Å². The third-order valence-corrected chi connectivity index (χ3v) is 3.12. The van der Waals surface area contributed by atoms with Crippen molar-refractivity contribution >= 4 is 22.9 Å². The first kappa shape index (κ1) is 8.74. The maximum Gasteiger partial charge on any atom is 0.0977 e. The molecule has 2 heterocycles. The summed E-state index contributed by atoms with van der Waals surface area (Å²) in [5.41, 5.74) is 0. The minimum atomic E-state index is -0.522. The molecular weight excluding hydrogens is 206 g/mol. The van der Waals surface area contributed by atoms with Crippen molar-refractivity contribution < 1.29 is 5.11 Å². The van der Waals surface area contributed by atoms with Gasteiger partial charge in [0.2, 0.25) is 0 Å². The molecule has 13 heavy (non-hydrogen) atoms. The smallest absolute Gasteiger partial charge is 0.0977 e. The van der Waals surface area contributed by atoms with Crippen LogP contribution in [0.25, 0.3) is 0 Å². The lowest BCUT2D eigenvalue weighted by molar-refractivity contribution is 0.182. The van der Waals surface area contributed by atoms with Gasteiger partial charge in [0.25, 0.3) is 0 Å². The summed E-state index contributed by atoms with van der Waals surface area (Å²) in [6.07, 6.45) is 3.34. The third kappa shape index (κ3) is 2.09. The van der Waals surface area contributed by atoms with Crippen molar-refractivity contribution in [3.8, 4) is 0 Å². The molecule has 1 atom stereocenters. The summed E-state index contributed by atoms with van der Waals surface area (Å²) in [5, 5.41) is 16.2. The van der Waals surface area contributed by atoms with E-state index in [1.165, 1.54) is 11.5 Å². The molecule has 1 N–H and O–H groups in total. The van der Waals surface area contributed by atoms with Crippen LogP contribution in [0.5, 0.6) is 0 Å². The Morgan fingerprint density at radius 1 is 1.54 bits per heavy atom. The fourth-order valence-electron chi connectivity index (χ4n) is 0.941. The number of nitrogens with zero attached hydrogens (tertiary/aromatic N) is 3. The molecule has 0 saturated heterocycles. The van der Waals surface area contributed by atoms with Crippen LogP contribution >= 0.6 is 22.9 Å². The molecule has 0 saturated carbocycles. The Balaban J connectivity index is 2.04. The highest BCUT2D eigenvalue weighted by molar-refractivity contribution is 7.09. The van der Waals surface area contributed by atoms with E-state index in [4.69, 9.17) is 0 Å². The van der Waals surface area contributed by atoms with E-state index >= 15 is 0 Å². The van der Waals surface area contributed by atoms with Gasteiger partial charge < -0.3 is 5.11 Å². The normalized spacial score (nSPS) is 13.0. The van der Waals surface area contributed by atoms with E-state index < -0.39 is 6.10 Å². The van der Waals surface area contributed by atoms with Crippen molar-refractivity contribution in [1.82, 2.24) is 14.6 Å². The topological polar surface area (TPSA) is 58.9 Å². The van der Waals surface area contributed by atoms with Crippen LogP contribution in [0.4, 0.5) is 0 Å². The summed E-state index contributed by atoms with van der Waals surface area (Å²) < 4.78 is 3.69. The SMILES string of the molecule is OC(Cc1nccs1)c1cnns1. The highest BCUT2D eigenvalue weighted by Gasteiger charge is 2.11. The Hall–Kier alpha value is -0.850. The zero-order valence-electron chi connectivity index (χ0n) is 6.62. The molecule has 0 spiro atoms. The van der Waals surface area contributed by atoms with Crippen molar-refractivity contribution in [2.24, 2.45) is 0 Å². The molecule has 2 aromatic heterocycles. The van der Waals surface area contributed by atoms with Gasteiger partial charge in [0, 0.05) is 18.0 Å². The molecule has 0 radical (unpaired) electrons. The second-order valence-electron chi connectivity index (χ2n) is 2.47. The lowest BCUT2D eigenvalue weighted by Gasteiger charge is -2.03. The van der Waals surface area contributed by atoms with Gasteiger partial charge in [-0.1, -0.05) is 4.49 Å². The number of rotatable bonds is 3. The molecule has 0 bridgehead atoms. The van der Waals surface area contributed by atoms with Crippen LogP contribution in [-0.4, -0.2) is 19.7 Å². The molecule has 2 rings (SSSR count). The Bertz CT molecular complexity index is 346. The lowest BCUT2D eigenvalue weighted by atomic mass is 10.2. The molecule has 0 aliphatic rings. The van der Waals surface area contributed by atoms with E-state index in [2.05, 4.69) is 14.6 Å². The largest absolute Gasteiger partial charge is 0.387 e. The molecule has 0 aromatic carbocycles. The summed E-state index contributed by atoms with van der Waals surface area (Å²) in [6, 6.07) is 0. The Morgan fingerprint density at radius 3 is 3.08 bits per heavy atom. The first-order valence-electron chi connectivity index (χ1n) is 3.70. The zero-order valence-corrected chi connectivity index (χ0v) is 8.25. The van der Waals surface area contributed by atoms with Crippen LogP contribution < -0.4 is 0 Å². The highest BCUT2D eigenvalue weighted by Crippen LogP contribution is 2.20. The van der Waals surface area contributed by atoms with Crippen molar-refractivity contribution in [2.75, 3.05) is 0 Å². The molecule has 0 aliphatic carbocycles. The minimum absolute atomic E-state index is 0.522. The fourth-order valence-corrected chi connectivity index (χ4v) is 2.08. The summed E-state index contributed by atoms with van der Waals surface area (Å²) in [7, 11) is 0. The van der Waals surface area contributed by atoms with Gasteiger partial charge in [0.1, 0.15) is 0 Å². The van der Waals surface area contributed by atoms with Crippen LogP contribution in [0.2, 0.25) is 0 Å². The van der Waals surface area contributed by atoms with Gasteiger partial charge in [-0.25, -0.2) is 4.98 Å². The third-order valence-electron chi connectivity index (χ3n) is 1.56. The maximum absolute atomic E-state index is 9.68. The van der Waals surface area contributed by atoms with Gasteiger partial charge in [-0.2, -0.15) is 0 Å². The molecule has 1 unspecified atom stereocenters. The van der Waals surface area contributed by atoms with Crippen LogP contribution in [0, 0.1) is 0 Å². The molecular formula is C7H7N3OS2. The average Bonchev–Trinajstić information content (AvgIpc) is 2.74. The zero-order chi connectivity index (χ0) is 9.10. The quantitative estimate of drug-likeness (QED) is 0.834. The number of aromatic nitrogens is 3. The summed E-state index contributed by atoms with van der Waals surface area (Å²) in [6.45, 7) is 0. The van der Waals surface area contributed by atoms with Crippen molar-refractivity contribution in [3.05, 3.63) is 27.7 Å². The Morgan fingerprint density at radius 2 is 2.46 bits per heavy atom. The van der Waals surface area contributed by atoms with Gasteiger partial charge >= 0.3 is 0 Å².